The molecule has 0 saturated carbocycles. The number of nitrogens with one attached hydrogen (secondary N) is 3. The van der Waals surface area contributed by atoms with E-state index in [0.717, 1.165) is 25.2 Å². The number of aromatic nitrogens is 2. The molecule has 100 valence electrons. The van der Waals surface area contributed by atoms with Crippen LogP contribution in [0.2, 0.25) is 0 Å². The van der Waals surface area contributed by atoms with Crippen molar-refractivity contribution in [3.05, 3.63) is 28.3 Å². The van der Waals surface area contributed by atoms with E-state index in [0.29, 0.717) is 17.4 Å². The van der Waals surface area contributed by atoms with Crippen LogP contribution in [0.4, 0.5) is 11.6 Å². The van der Waals surface area contributed by atoms with Crippen molar-refractivity contribution in [2.75, 3.05) is 25.0 Å². The van der Waals surface area contributed by atoms with Gasteiger partial charge in [0.1, 0.15) is 0 Å². The number of non-ortho nitro benzene ring substituents is 1. The third-order valence-electron chi connectivity index (χ3n) is 3.40. The van der Waals surface area contributed by atoms with Crippen LogP contribution >= 0.6 is 0 Å². The molecule has 7 heteroatoms. The molecule has 3 N–H and O–H groups in total. The van der Waals surface area contributed by atoms with Gasteiger partial charge in [-0.15, -0.1) is 0 Å². The number of nitrogens with zero attached hydrogens (tertiary/aromatic N) is 2. The monoisotopic (exact) mass is 261 g/mol. The van der Waals surface area contributed by atoms with Crippen molar-refractivity contribution in [3.8, 4) is 0 Å². The van der Waals surface area contributed by atoms with Crippen LogP contribution in [0, 0.1) is 16.0 Å². The number of nitro groups is 1. The maximum Gasteiger partial charge on any atom is 0.271 e. The first kappa shape index (κ1) is 11.9. The fourth-order valence-electron chi connectivity index (χ4n) is 2.32. The van der Waals surface area contributed by atoms with Crippen molar-refractivity contribution in [1.82, 2.24) is 15.3 Å². The SMILES string of the molecule is O=[N+]([O-])c1ccc2nc(NC[C@H]3CCNC3)[nH]c2c1. The van der Waals surface area contributed by atoms with E-state index in [1.54, 1.807) is 6.07 Å². The molecule has 7 nitrogen and oxygen atoms in total. The summed E-state index contributed by atoms with van der Waals surface area (Å²) in [6.07, 6.45) is 1.17. The molecule has 0 amide bonds. The van der Waals surface area contributed by atoms with E-state index in [9.17, 15) is 10.1 Å². The number of anilines is 1. The largest absolute Gasteiger partial charge is 0.355 e. The highest BCUT2D eigenvalue weighted by atomic mass is 16.6. The highest BCUT2D eigenvalue weighted by Crippen LogP contribution is 2.20. The quantitative estimate of drug-likeness (QED) is 0.572. The zero-order valence-electron chi connectivity index (χ0n) is 10.3. The summed E-state index contributed by atoms with van der Waals surface area (Å²) in [4.78, 5) is 17.7. The van der Waals surface area contributed by atoms with Gasteiger partial charge in [0, 0.05) is 18.7 Å². The van der Waals surface area contributed by atoms with Crippen LogP contribution in [0.5, 0.6) is 0 Å². The minimum atomic E-state index is -0.405. The Morgan fingerprint density at radius 3 is 3.16 bits per heavy atom. The number of fused-ring (bicyclic) bond motifs is 1. The molecule has 3 rings (SSSR count). The molecule has 1 fully saturated rings. The van der Waals surface area contributed by atoms with Gasteiger partial charge in [-0.3, -0.25) is 10.1 Å². The number of hydrogen-bond acceptors (Lipinski definition) is 5. The Morgan fingerprint density at radius 1 is 1.53 bits per heavy atom. The third kappa shape index (κ3) is 2.50. The summed E-state index contributed by atoms with van der Waals surface area (Å²) < 4.78 is 0. The number of imidazole rings is 1. The van der Waals surface area contributed by atoms with E-state index in [1.165, 1.54) is 18.6 Å². The van der Waals surface area contributed by atoms with Crippen LogP contribution in [0.3, 0.4) is 0 Å². The van der Waals surface area contributed by atoms with Crippen LogP contribution in [0.15, 0.2) is 18.2 Å². The highest BCUT2D eigenvalue weighted by molar-refractivity contribution is 5.79. The average molecular weight is 261 g/mol. The van der Waals surface area contributed by atoms with Crippen molar-refractivity contribution >= 4 is 22.7 Å². The second-order valence-corrected chi connectivity index (χ2v) is 4.78. The lowest BCUT2D eigenvalue weighted by Crippen LogP contribution is -2.17. The number of rotatable bonds is 4. The predicted octanol–water partition coefficient (Wildman–Crippen LogP) is 1.49. The van der Waals surface area contributed by atoms with E-state index in [4.69, 9.17) is 0 Å². The average Bonchev–Trinajstić information content (AvgIpc) is 3.04. The highest BCUT2D eigenvalue weighted by Gasteiger charge is 2.15. The number of nitro benzene ring substituents is 1. The second kappa shape index (κ2) is 4.85. The first-order valence-corrected chi connectivity index (χ1v) is 6.31. The van der Waals surface area contributed by atoms with Crippen molar-refractivity contribution in [1.29, 1.82) is 0 Å². The minimum absolute atomic E-state index is 0.0719. The maximum absolute atomic E-state index is 10.7. The molecule has 2 heterocycles. The lowest BCUT2D eigenvalue weighted by Gasteiger charge is -2.08. The molecule has 2 aromatic rings. The van der Waals surface area contributed by atoms with E-state index >= 15 is 0 Å². The Kier molecular flexibility index (Phi) is 3.04. The summed E-state index contributed by atoms with van der Waals surface area (Å²) in [5, 5.41) is 17.3. The lowest BCUT2D eigenvalue weighted by molar-refractivity contribution is -0.384. The second-order valence-electron chi connectivity index (χ2n) is 4.78. The van der Waals surface area contributed by atoms with Gasteiger partial charge in [0.15, 0.2) is 0 Å². The zero-order chi connectivity index (χ0) is 13.2. The molecule has 1 aliphatic rings. The van der Waals surface area contributed by atoms with Crippen LogP contribution in [0.25, 0.3) is 11.0 Å². The van der Waals surface area contributed by atoms with Crippen LogP contribution in [-0.2, 0) is 0 Å². The van der Waals surface area contributed by atoms with Gasteiger partial charge >= 0.3 is 0 Å². The van der Waals surface area contributed by atoms with Crippen molar-refractivity contribution < 1.29 is 4.92 Å². The van der Waals surface area contributed by atoms with Crippen LogP contribution < -0.4 is 10.6 Å². The van der Waals surface area contributed by atoms with Gasteiger partial charge in [0.05, 0.1) is 16.0 Å². The van der Waals surface area contributed by atoms with Gasteiger partial charge in [-0.1, -0.05) is 0 Å². The molecule has 1 aromatic heterocycles. The molecule has 0 unspecified atom stereocenters. The molecule has 0 bridgehead atoms. The topological polar surface area (TPSA) is 95.9 Å². The molecule has 1 saturated heterocycles. The lowest BCUT2D eigenvalue weighted by atomic mass is 10.1. The molecule has 0 spiro atoms. The van der Waals surface area contributed by atoms with Crippen LogP contribution in [0.1, 0.15) is 6.42 Å². The van der Waals surface area contributed by atoms with Crippen molar-refractivity contribution in [3.63, 3.8) is 0 Å². The van der Waals surface area contributed by atoms with E-state index in [2.05, 4.69) is 20.6 Å². The molecule has 1 aromatic carbocycles. The number of benzene rings is 1. The Labute approximate surface area is 109 Å². The molecule has 1 aliphatic heterocycles. The van der Waals surface area contributed by atoms with Gasteiger partial charge in [0.25, 0.3) is 5.69 Å². The van der Waals surface area contributed by atoms with E-state index in [1.807, 2.05) is 0 Å². The maximum atomic E-state index is 10.7. The summed E-state index contributed by atoms with van der Waals surface area (Å²) in [5.74, 6) is 1.28. The first-order valence-electron chi connectivity index (χ1n) is 6.31. The summed E-state index contributed by atoms with van der Waals surface area (Å²) in [5.41, 5.74) is 1.49. The number of H-pyrrole nitrogens is 1. The molecule has 19 heavy (non-hydrogen) atoms. The summed E-state index contributed by atoms with van der Waals surface area (Å²) in [6.45, 7) is 2.95. The number of hydrogen-bond donors (Lipinski definition) is 3. The van der Waals surface area contributed by atoms with E-state index in [-0.39, 0.29) is 5.69 Å². The Hall–Kier alpha value is -2.15. The van der Waals surface area contributed by atoms with Gasteiger partial charge in [-0.2, -0.15) is 0 Å². The van der Waals surface area contributed by atoms with Crippen molar-refractivity contribution in [2.45, 2.75) is 6.42 Å². The zero-order valence-corrected chi connectivity index (χ0v) is 10.3. The standard InChI is InChI=1S/C12H15N5O2/c18-17(19)9-1-2-10-11(5-9)16-12(15-10)14-7-8-3-4-13-6-8/h1-2,5,8,13H,3-4,6-7H2,(H2,14,15,16)/t8-/m0/s1. The molecule has 0 radical (unpaired) electrons. The Balaban J connectivity index is 1.75. The molecule has 1 atom stereocenters. The molecular weight excluding hydrogens is 246 g/mol. The normalized spacial score (nSPS) is 18.8. The van der Waals surface area contributed by atoms with Gasteiger partial charge in [-0.25, -0.2) is 4.98 Å². The first-order chi connectivity index (χ1) is 9.22. The fraction of sp³-hybridized carbons (Fsp3) is 0.417. The Bertz CT molecular complexity index is 603. The number of aromatic amines is 1. The van der Waals surface area contributed by atoms with Crippen molar-refractivity contribution in [2.24, 2.45) is 5.92 Å². The predicted molar refractivity (Wildman–Crippen MR) is 72.2 cm³/mol. The summed E-state index contributed by atoms with van der Waals surface area (Å²) in [7, 11) is 0. The Morgan fingerprint density at radius 2 is 2.42 bits per heavy atom. The van der Waals surface area contributed by atoms with E-state index < -0.39 is 4.92 Å². The molecule has 0 aliphatic carbocycles. The summed E-state index contributed by atoms with van der Waals surface area (Å²) in [6, 6.07) is 4.63. The fourth-order valence-corrected chi connectivity index (χ4v) is 2.32. The van der Waals surface area contributed by atoms with Gasteiger partial charge in [-0.05, 0) is 31.5 Å². The molecular formula is C12H15N5O2. The van der Waals surface area contributed by atoms with Gasteiger partial charge in [0.2, 0.25) is 5.95 Å². The third-order valence-corrected chi connectivity index (χ3v) is 3.40. The smallest absolute Gasteiger partial charge is 0.271 e. The minimum Gasteiger partial charge on any atom is -0.355 e. The van der Waals surface area contributed by atoms with Crippen LogP contribution in [-0.4, -0.2) is 34.5 Å². The summed E-state index contributed by atoms with van der Waals surface area (Å²) >= 11 is 0. The van der Waals surface area contributed by atoms with Gasteiger partial charge < -0.3 is 15.6 Å².